The Balaban J connectivity index is 3.00. The van der Waals surface area contributed by atoms with E-state index in [2.05, 4.69) is 26.1 Å². The van der Waals surface area contributed by atoms with Gasteiger partial charge in [-0.25, -0.2) is 0 Å². The minimum absolute atomic E-state index is 0.362. The molecule has 0 fully saturated rings. The summed E-state index contributed by atoms with van der Waals surface area (Å²) in [6.45, 7) is 8.37. The quantitative estimate of drug-likeness (QED) is 0.830. The highest BCUT2D eigenvalue weighted by atomic mass is 35.5. The molecule has 0 aliphatic rings. The van der Waals surface area contributed by atoms with Gasteiger partial charge in [-0.05, 0) is 30.2 Å². The van der Waals surface area contributed by atoms with Gasteiger partial charge >= 0.3 is 0 Å². The first-order valence-corrected chi connectivity index (χ1v) is 6.48. The van der Waals surface area contributed by atoms with Crippen molar-refractivity contribution in [2.45, 2.75) is 26.7 Å². The molecule has 1 nitrogen and oxygen atoms in total. The van der Waals surface area contributed by atoms with Gasteiger partial charge in [-0.2, -0.15) is 0 Å². The van der Waals surface area contributed by atoms with Crippen LogP contribution in [0.4, 0.5) is 0 Å². The van der Waals surface area contributed by atoms with Crippen molar-refractivity contribution in [3.8, 4) is 0 Å². The predicted molar refractivity (Wildman–Crippen MR) is 72.6 cm³/mol. The molecule has 1 rings (SSSR count). The van der Waals surface area contributed by atoms with Crippen LogP contribution in [-0.2, 0) is 0 Å². The van der Waals surface area contributed by atoms with Gasteiger partial charge in [-0.1, -0.05) is 50.0 Å². The van der Waals surface area contributed by atoms with E-state index in [0.29, 0.717) is 11.8 Å². The highest BCUT2D eigenvalue weighted by molar-refractivity contribution is 6.36. The average Bonchev–Trinajstić information content (AvgIpc) is 2.21. The molecule has 90 valence electrons. The summed E-state index contributed by atoms with van der Waals surface area (Å²) in [7, 11) is 0. The molecule has 1 atom stereocenters. The topological polar surface area (TPSA) is 12.0 Å². The Hall–Kier alpha value is -0.240. The molecule has 0 saturated carbocycles. The van der Waals surface area contributed by atoms with Gasteiger partial charge in [0.1, 0.15) is 0 Å². The van der Waals surface area contributed by atoms with Gasteiger partial charge in [0.15, 0.2) is 0 Å². The number of hydrogen-bond donors (Lipinski definition) is 1. The maximum atomic E-state index is 6.24. The molecule has 1 unspecified atom stereocenters. The summed E-state index contributed by atoms with van der Waals surface area (Å²) in [5.41, 5.74) is 1.07. The molecule has 0 spiro atoms. The lowest BCUT2D eigenvalue weighted by atomic mass is 9.88. The Morgan fingerprint density at radius 2 is 1.75 bits per heavy atom. The van der Waals surface area contributed by atoms with Crippen LogP contribution >= 0.6 is 23.2 Å². The van der Waals surface area contributed by atoms with Crippen LogP contribution in [0.3, 0.4) is 0 Å². The smallest absolute Gasteiger partial charge is 0.0456 e. The first-order chi connectivity index (χ1) is 7.57. The Morgan fingerprint density at radius 3 is 2.19 bits per heavy atom. The molecule has 1 aromatic rings. The lowest BCUT2D eigenvalue weighted by molar-refractivity contribution is 0.468. The number of benzene rings is 1. The molecule has 0 aliphatic carbocycles. The lowest BCUT2D eigenvalue weighted by Crippen LogP contribution is -2.25. The third kappa shape index (κ3) is 3.38. The van der Waals surface area contributed by atoms with E-state index >= 15 is 0 Å². The third-order valence-electron chi connectivity index (χ3n) is 2.79. The Morgan fingerprint density at radius 1 is 1.19 bits per heavy atom. The summed E-state index contributed by atoms with van der Waals surface area (Å²) in [4.78, 5) is 0. The Kier molecular flexibility index (Phi) is 5.60. The Bertz CT molecular complexity index is 316. The molecule has 0 aliphatic heterocycles. The van der Waals surface area contributed by atoms with Crippen molar-refractivity contribution in [1.82, 2.24) is 5.32 Å². The first kappa shape index (κ1) is 13.8. The van der Waals surface area contributed by atoms with E-state index in [1.54, 1.807) is 0 Å². The van der Waals surface area contributed by atoms with Crippen LogP contribution in [0, 0.1) is 5.92 Å². The summed E-state index contributed by atoms with van der Waals surface area (Å²) in [6.07, 6.45) is 0. The van der Waals surface area contributed by atoms with Gasteiger partial charge in [0.25, 0.3) is 0 Å². The van der Waals surface area contributed by atoms with Crippen molar-refractivity contribution in [3.05, 3.63) is 33.8 Å². The van der Waals surface area contributed by atoms with Crippen LogP contribution in [0.25, 0.3) is 0 Å². The summed E-state index contributed by atoms with van der Waals surface area (Å²) in [6, 6.07) is 5.70. The third-order valence-corrected chi connectivity index (χ3v) is 3.45. The van der Waals surface area contributed by atoms with E-state index in [4.69, 9.17) is 23.2 Å². The zero-order valence-corrected chi connectivity index (χ0v) is 11.6. The molecule has 3 heteroatoms. The number of nitrogens with one attached hydrogen (secondary N) is 1. The molecule has 0 radical (unpaired) electrons. The largest absolute Gasteiger partial charge is 0.316 e. The molecule has 0 heterocycles. The molecular formula is C13H19Cl2N. The highest BCUT2D eigenvalue weighted by Gasteiger charge is 2.20. The van der Waals surface area contributed by atoms with E-state index in [1.165, 1.54) is 0 Å². The molecule has 0 bridgehead atoms. The fourth-order valence-electron chi connectivity index (χ4n) is 1.84. The molecule has 16 heavy (non-hydrogen) atoms. The van der Waals surface area contributed by atoms with Crippen LogP contribution in [0.2, 0.25) is 10.0 Å². The second kappa shape index (κ2) is 6.48. The van der Waals surface area contributed by atoms with Gasteiger partial charge in [0.2, 0.25) is 0 Å². The van der Waals surface area contributed by atoms with Crippen molar-refractivity contribution in [1.29, 1.82) is 0 Å². The van der Waals surface area contributed by atoms with E-state index < -0.39 is 0 Å². The molecule has 1 N–H and O–H groups in total. The van der Waals surface area contributed by atoms with Crippen molar-refractivity contribution >= 4 is 23.2 Å². The number of likely N-dealkylation sites (N-methyl/N-ethyl adjacent to an activating group) is 1. The fraction of sp³-hybridized carbons (Fsp3) is 0.538. The average molecular weight is 260 g/mol. The van der Waals surface area contributed by atoms with Gasteiger partial charge in [0, 0.05) is 22.5 Å². The van der Waals surface area contributed by atoms with Crippen LogP contribution in [0.15, 0.2) is 18.2 Å². The second-order valence-electron chi connectivity index (χ2n) is 4.29. The van der Waals surface area contributed by atoms with Crippen LogP contribution in [0.5, 0.6) is 0 Å². The number of halogens is 2. The monoisotopic (exact) mass is 259 g/mol. The molecular weight excluding hydrogens is 241 g/mol. The van der Waals surface area contributed by atoms with Crippen LogP contribution in [-0.4, -0.2) is 13.1 Å². The minimum Gasteiger partial charge on any atom is -0.316 e. The van der Waals surface area contributed by atoms with Crippen molar-refractivity contribution in [2.75, 3.05) is 13.1 Å². The van der Waals surface area contributed by atoms with E-state index in [1.807, 2.05) is 18.2 Å². The minimum atomic E-state index is 0.362. The molecule has 0 amide bonds. The first-order valence-electron chi connectivity index (χ1n) is 5.72. The predicted octanol–water partition coefficient (Wildman–Crippen LogP) is 4.34. The van der Waals surface area contributed by atoms with Crippen LogP contribution in [0.1, 0.15) is 32.3 Å². The summed E-state index contributed by atoms with van der Waals surface area (Å²) >= 11 is 12.5. The van der Waals surface area contributed by atoms with E-state index in [-0.39, 0.29) is 0 Å². The zero-order valence-electron chi connectivity index (χ0n) is 10.1. The van der Waals surface area contributed by atoms with E-state index in [9.17, 15) is 0 Å². The van der Waals surface area contributed by atoms with Gasteiger partial charge in [-0.15, -0.1) is 0 Å². The van der Waals surface area contributed by atoms with E-state index in [0.717, 1.165) is 28.7 Å². The molecule has 0 aromatic heterocycles. The maximum Gasteiger partial charge on any atom is 0.0456 e. The Labute approximate surface area is 108 Å². The molecule has 0 saturated heterocycles. The standard InChI is InChI=1S/C13H19Cl2N/c1-4-16-8-10(9(2)3)13-11(14)6-5-7-12(13)15/h5-7,9-10,16H,4,8H2,1-3H3. The SMILES string of the molecule is CCNCC(c1c(Cl)cccc1Cl)C(C)C. The normalized spacial score (nSPS) is 13.1. The fourth-order valence-corrected chi connectivity index (χ4v) is 2.51. The number of hydrogen-bond acceptors (Lipinski definition) is 1. The highest BCUT2D eigenvalue weighted by Crippen LogP contribution is 2.35. The van der Waals surface area contributed by atoms with Crippen LogP contribution < -0.4 is 5.32 Å². The second-order valence-corrected chi connectivity index (χ2v) is 5.11. The van der Waals surface area contributed by atoms with Crippen molar-refractivity contribution in [2.24, 2.45) is 5.92 Å². The lowest BCUT2D eigenvalue weighted by Gasteiger charge is -2.23. The maximum absolute atomic E-state index is 6.24. The zero-order chi connectivity index (χ0) is 12.1. The number of rotatable bonds is 5. The van der Waals surface area contributed by atoms with Crippen molar-refractivity contribution in [3.63, 3.8) is 0 Å². The summed E-state index contributed by atoms with van der Waals surface area (Å²) in [5.74, 6) is 0.873. The van der Waals surface area contributed by atoms with Gasteiger partial charge in [-0.3, -0.25) is 0 Å². The molecule has 1 aromatic carbocycles. The van der Waals surface area contributed by atoms with Gasteiger partial charge in [0.05, 0.1) is 0 Å². The summed E-state index contributed by atoms with van der Waals surface area (Å²) in [5, 5.41) is 4.90. The van der Waals surface area contributed by atoms with Gasteiger partial charge < -0.3 is 5.32 Å². The summed E-state index contributed by atoms with van der Waals surface area (Å²) < 4.78 is 0. The van der Waals surface area contributed by atoms with Crippen molar-refractivity contribution < 1.29 is 0 Å².